The molecule has 0 unspecified atom stereocenters. The summed E-state index contributed by atoms with van der Waals surface area (Å²) >= 11 is 0. The molecule has 0 aliphatic heterocycles. The van der Waals surface area contributed by atoms with Gasteiger partial charge in [0, 0.05) is 0 Å². The van der Waals surface area contributed by atoms with Gasteiger partial charge in [-0.3, -0.25) is 0 Å². The second kappa shape index (κ2) is 19.6. The summed E-state index contributed by atoms with van der Waals surface area (Å²) in [7, 11) is 0. The summed E-state index contributed by atoms with van der Waals surface area (Å²) in [6, 6.07) is 0. The van der Waals surface area contributed by atoms with E-state index in [4.69, 9.17) is 0 Å². The van der Waals surface area contributed by atoms with Crippen LogP contribution >= 0.6 is 0 Å². The maximum absolute atomic E-state index is 0. The van der Waals surface area contributed by atoms with Gasteiger partial charge in [0.2, 0.25) is 0 Å². The first kappa shape index (κ1) is 36.5. The van der Waals surface area contributed by atoms with E-state index in [1.54, 1.807) is 0 Å². The Kier molecular flexibility index (Phi) is 179. The summed E-state index contributed by atoms with van der Waals surface area (Å²) in [6.45, 7) is 0. The Morgan fingerprint density at radius 2 is 1.00 bits per heavy atom. The smallest absolute Gasteiger partial charge is 2.00 e. The van der Waals surface area contributed by atoms with Gasteiger partial charge in [0.15, 0.2) is 0 Å². The van der Waals surface area contributed by atoms with Crippen molar-refractivity contribution in [3.63, 3.8) is 0 Å². The average molecular weight is 197 g/mol. The normalized spacial score (nSPS) is 0. The van der Waals surface area contributed by atoms with E-state index >= 15 is 0 Å². The van der Waals surface area contributed by atoms with E-state index in [0.717, 1.165) is 0 Å². The van der Waals surface area contributed by atoms with Crippen LogP contribution in [0.4, 0.5) is 0 Å². The molecule has 0 bridgehead atoms. The van der Waals surface area contributed by atoms with Crippen LogP contribution in [0.5, 0.6) is 0 Å². The Hall–Kier alpha value is 2.06. The minimum Gasteiger partial charge on any atom is -2.00 e. The van der Waals surface area contributed by atoms with Crippen LogP contribution < -0.4 is 0 Å². The van der Waals surface area contributed by atoms with Crippen molar-refractivity contribution in [3.8, 4) is 0 Å². The standard InChI is InChI=1S/Ce.Mg.H2O.O/h;;1H2;/q+3;+2;;-2/p-1. The van der Waals surface area contributed by atoms with Gasteiger partial charge in [-0.05, 0) is 0 Å². The third kappa shape index (κ3) is 8.96. The SMILES string of the molecule is [Ce+3].[Mg+2].[O-2].[OH-]. The molecule has 0 amide bonds. The van der Waals surface area contributed by atoms with Crippen molar-refractivity contribution < 1.29 is 52.7 Å². The number of hydrogen-bond acceptors (Lipinski definition) is 1. The molecule has 2 nitrogen and oxygen atoms in total. The van der Waals surface area contributed by atoms with Gasteiger partial charge in [-0.25, -0.2) is 0 Å². The fourth-order valence-electron chi connectivity index (χ4n) is 0. The predicted octanol–water partition coefficient (Wildman–Crippen LogP) is -0.676. The van der Waals surface area contributed by atoms with Crippen LogP contribution in [-0.4, -0.2) is 28.5 Å². The van der Waals surface area contributed by atoms with Crippen LogP contribution in [0.3, 0.4) is 0 Å². The molecule has 0 fully saturated rings. The fraction of sp³-hybridized carbons (Fsp3) is 0. The zero-order valence-electron chi connectivity index (χ0n) is 2.06. The molecular weight excluding hydrogens is 196 g/mol. The van der Waals surface area contributed by atoms with E-state index in [9.17, 15) is 0 Å². The van der Waals surface area contributed by atoms with E-state index in [-0.39, 0.29) is 75.8 Å². The first-order chi connectivity index (χ1) is 0. The number of hydrogen-bond donors (Lipinski definition) is 0. The summed E-state index contributed by atoms with van der Waals surface area (Å²) < 4.78 is 0. The van der Waals surface area contributed by atoms with Crippen molar-refractivity contribution in [2.45, 2.75) is 0 Å². The fourth-order valence-corrected chi connectivity index (χ4v) is 0. The molecular formula is HCeMgO2+2. The predicted molar refractivity (Wildman–Crippen MR) is 8.38 cm³/mol. The van der Waals surface area contributed by atoms with Crippen molar-refractivity contribution in [2.75, 3.05) is 0 Å². The third-order valence-corrected chi connectivity index (χ3v) is 0. The van der Waals surface area contributed by atoms with Gasteiger partial charge in [0.1, 0.15) is 0 Å². The summed E-state index contributed by atoms with van der Waals surface area (Å²) in [5, 5.41) is 0. The molecule has 0 spiro atoms. The minimum absolute atomic E-state index is 0. The zero-order chi connectivity index (χ0) is 0. The third-order valence-electron chi connectivity index (χ3n) is 0. The minimum atomic E-state index is 0. The Morgan fingerprint density at radius 3 is 1.00 bits per heavy atom. The van der Waals surface area contributed by atoms with E-state index in [1.165, 1.54) is 0 Å². The van der Waals surface area contributed by atoms with E-state index in [1.807, 2.05) is 0 Å². The Balaban J connectivity index is 0. The van der Waals surface area contributed by atoms with Crippen LogP contribution in [0.2, 0.25) is 0 Å². The molecule has 0 aromatic rings. The monoisotopic (exact) mass is 197 g/mol. The van der Waals surface area contributed by atoms with Crippen LogP contribution in [0.25, 0.3) is 0 Å². The molecule has 4 heavy (non-hydrogen) atoms. The molecule has 0 aliphatic carbocycles. The molecule has 0 aliphatic rings. The van der Waals surface area contributed by atoms with E-state index in [2.05, 4.69) is 0 Å². The summed E-state index contributed by atoms with van der Waals surface area (Å²) in [5.74, 6) is 0. The van der Waals surface area contributed by atoms with Gasteiger partial charge < -0.3 is 11.0 Å². The Bertz CT molecular complexity index is 6.00. The maximum Gasteiger partial charge on any atom is 3.00 e. The molecule has 0 rings (SSSR count). The van der Waals surface area contributed by atoms with Crippen molar-refractivity contribution >= 4 is 23.1 Å². The van der Waals surface area contributed by atoms with Gasteiger partial charge in [0.05, 0.1) is 0 Å². The van der Waals surface area contributed by atoms with E-state index in [0.29, 0.717) is 0 Å². The van der Waals surface area contributed by atoms with Crippen molar-refractivity contribution in [1.82, 2.24) is 0 Å². The summed E-state index contributed by atoms with van der Waals surface area (Å²) in [4.78, 5) is 0. The van der Waals surface area contributed by atoms with Crippen molar-refractivity contribution in [1.29, 1.82) is 0 Å². The van der Waals surface area contributed by atoms with Crippen LogP contribution in [0, 0.1) is 41.7 Å². The second-order valence-electron chi connectivity index (χ2n) is 0. The van der Waals surface area contributed by atoms with Gasteiger partial charge in [-0.2, -0.15) is 0 Å². The molecule has 0 aromatic carbocycles. The van der Waals surface area contributed by atoms with Crippen molar-refractivity contribution in [3.05, 3.63) is 0 Å². The van der Waals surface area contributed by atoms with Crippen LogP contribution in [0.1, 0.15) is 0 Å². The molecule has 1 radical (unpaired) electrons. The molecule has 4 heteroatoms. The summed E-state index contributed by atoms with van der Waals surface area (Å²) in [6.07, 6.45) is 0. The average Bonchev–Trinajstić information content (AvgIpc) is 0. The first-order valence-electron chi connectivity index (χ1n) is 0. The van der Waals surface area contributed by atoms with Crippen LogP contribution in [-0.2, 0) is 5.48 Å². The molecule has 1 N–H and O–H groups in total. The topological polar surface area (TPSA) is 58.5 Å². The molecule has 0 heterocycles. The second-order valence-corrected chi connectivity index (χ2v) is 0. The molecule has 0 atom stereocenters. The molecule has 0 aromatic heterocycles. The molecule has 0 saturated heterocycles. The zero-order valence-corrected chi connectivity index (χ0v) is 6.62. The number of rotatable bonds is 0. The van der Waals surface area contributed by atoms with Gasteiger partial charge in [-0.1, -0.05) is 0 Å². The van der Waals surface area contributed by atoms with E-state index < -0.39 is 0 Å². The Morgan fingerprint density at radius 1 is 1.00 bits per heavy atom. The molecule has 17 valence electrons. The largest absolute Gasteiger partial charge is 3.00 e. The van der Waals surface area contributed by atoms with Crippen LogP contribution in [0.15, 0.2) is 0 Å². The summed E-state index contributed by atoms with van der Waals surface area (Å²) in [5.41, 5.74) is 0. The van der Waals surface area contributed by atoms with Gasteiger partial charge in [0.25, 0.3) is 0 Å². The maximum atomic E-state index is 0. The van der Waals surface area contributed by atoms with Gasteiger partial charge >= 0.3 is 64.8 Å². The molecule has 0 saturated carbocycles. The van der Waals surface area contributed by atoms with Gasteiger partial charge in [-0.15, -0.1) is 0 Å². The quantitative estimate of drug-likeness (QED) is 0.475. The van der Waals surface area contributed by atoms with Crippen molar-refractivity contribution in [2.24, 2.45) is 0 Å². The first-order valence-corrected chi connectivity index (χ1v) is 0. The Labute approximate surface area is 74.5 Å².